The predicted molar refractivity (Wildman–Crippen MR) is 176 cm³/mol. The van der Waals surface area contributed by atoms with Crippen molar-refractivity contribution in [1.82, 2.24) is 14.9 Å². The van der Waals surface area contributed by atoms with Gasteiger partial charge in [-0.1, -0.05) is 44.5 Å². The van der Waals surface area contributed by atoms with E-state index in [0.29, 0.717) is 75.3 Å². The van der Waals surface area contributed by atoms with Crippen LogP contribution in [0.25, 0.3) is 10.9 Å². The molecule has 9 nitrogen and oxygen atoms in total. The van der Waals surface area contributed by atoms with Gasteiger partial charge in [0.05, 0.1) is 45.5 Å². The van der Waals surface area contributed by atoms with Gasteiger partial charge in [0.2, 0.25) is 5.91 Å². The SMILES string of the molecule is CCOc1cc2nc(CC)c(C#N)c(Nc3ccc(OCc4ccccn4)c(Cl)c3)c2cc1NC(=O)/C=C/CN(CC)CC. The molecule has 4 aromatic rings. The topological polar surface area (TPSA) is 112 Å². The molecule has 0 aliphatic heterocycles. The molecule has 1 amide bonds. The van der Waals surface area contributed by atoms with Gasteiger partial charge in [0.25, 0.3) is 0 Å². The van der Waals surface area contributed by atoms with Crippen molar-refractivity contribution in [2.45, 2.75) is 40.7 Å². The Kier molecular flexibility index (Phi) is 11.5. The number of carbonyl (C=O) groups excluding carboxylic acids is 1. The van der Waals surface area contributed by atoms with E-state index in [2.05, 4.69) is 40.4 Å². The largest absolute Gasteiger partial charge is 0.492 e. The molecular weight excluding hydrogens is 576 g/mol. The summed E-state index contributed by atoms with van der Waals surface area (Å²) in [4.78, 5) is 24.1. The minimum atomic E-state index is -0.279. The van der Waals surface area contributed by atoms with Gasteiger partial charge in [0.1, 0.15) is 24.2 Å². The fraction of sp³-hybridized carbons (Fsp3) is 0.294. The molecule has 2 heterocycles. The number of amides is 1. The van der Waals surface area contributed by atoms with Gasteiger partial charge in [0, 0.05) is 36.0 Å². The molecule has 0 aliphatic rings. The number of halogens is 1. The van der Waals surface area contributed by atoms with E-state index in [1.165, 1.54) is 6.08 Å². The average Bonchev–Trinajstić information content (AvgIpc) is 3.03. The van der Waals surface area contributed by atoms with Crippen LogP contribution in [-0.2, 0) is 17.8 Å². The van der Waals surface area contributed by atoms with Crippen LogP contribution in [0.15, 0.2) is 66.9 Å². The van der Waals surface area contributed by atoms with Crippen molar-refractivity contribution in [1.29, 1.82) is 5.26 Å². The number of nitriles is 1. The molecule has 0 radical (unpaired) electrons. The molecular formula is C34H37ClN6O3. The molecule has 4 rings (SSSR count). The number of pyridine rings is 2. The zero-order valence-corrected chi connectivity index (χ0v) is 26.2. The number of rotatable bonds is 14. The van der Waals surface area contributed by atoms with Crippen LogP contribution >= 0.6 is 11.6 Å². The van der Waals surface area contributed by atoms with E-state index in [9.17, 15) is 10.1 Å². The average molecular weight is 613 g/mol. The second-order valence-corrected chi connectivity index (χ2v) is 10.2. The lowest BCUT2D eigenvalue weighted by atomic mass is 10.0. The number of hydrogen-bond donors (Lipinski definition) is 2. The molecule has 0 saturated carbocycles. The number of fused-ring (bicyclic) bond motifs is 1. The Balaban J connectivity index is 1.69. The van der Waals surface area contributed by atoms with Crippen LogP contribution in [0.5, 0.6) is 11.5 Å². The van der Waals surface area contributed by atoms with Gasteiger partial charge in [-0.25, -0.2) is 0 Å². The highest BCUT2D eigenvalue weighted by Crippen LogP contribution is 2.38. The third-order valence-corrected chi connectivity index (χ3v) is 7.29. The van der Waals surface area contributed by atoms with Crippen LogP contribution in [0.2, 0.25) is 5.02 Å². The molecule has 44 heavy (non-hydrogen) atoms. The lowest BCUT2D eigenvalue weighted by Crippen LogP contribution is -2.23. The van der Waals surface area contributed by atoms with Crippen LogP contribution < -0.4 is 20.1 Å². The van der Waals surface area contributed by atoms with Crippen molar-refractivity contribution in [2.24, 2.45) is 0 Å². The van der Waals surface area contributed by atoms with Crippen molar-refractivity contribution in [3.63, 3.8) is 0 Å². The van der Waals surface area contributed by atoms with Gasteiger partial charge in [0.15, 0.2) is 0 Å². The number of hydrogen-bond acceptors (Lipinski definition) is 8. The molecule has 0 spiro atoms. The Hall–Kier alpha value is -4.65. The minimum absolute atomic E-state index is 0.279. The minimum Gasteiger partial charge on any atom is -0.492 e. The van der Waals surface area contributed by atoms with E-state index in [1.54, 1.807) is 30.5 Å². The first kappa shape index (κ1) is 32.3. The molecule has 2 aromatic heterocycles. The highest BCUT2D eigenvalue weighted by Gasteiger charge is 2.19. The van der Waals surface area contributed by atoms with Crippen molar-refractivity contribution < 1.29 is 14.3 Å². The zero-order valence-electron chi connectivity index (χ0n) is 25.5. The highest BCUT2D eigenvalue weighted by atomic mass is 35.5. The highest BCUT2D eigenvalue weighted by molar-refractivity contribution is 6.32. The third-order valence-electron chi connectivity index (χ3n) is 7.00. The van der Waals surface area contributed by atoms with Gasteiger partial charge in [-0.3, -0.25) is 14.8 Å². The normalized spacial score (nSPS) is 11.1. The molecule has 0 saturated heterocycles. The number of ether oxygens (including phenoxy) is 2. The first-order chi connectivity index (χ1) is 21.4. The Morgan fingerprint density at radius 1 is 1.07 bits per heavy atom. The summed E-state index contributed by atoms with van der Waals surface area (Å²) in [6.45, 7) is 11.2. The summed E-state index contributed by atoms with van der Waals surface area (Å²) in [5.74, 6) is 0.726. The van der Waals surface area contributed by atoms with Crippen molar-refractivity contribution in [3.05, 3.63) is 88.9 Å². The number of anilines is 3. The van der Waals surface area contributed by atoms with Gasteiger partial charge >= 0.3 is 0 Å². The molecule has 0 aliphatic carbocycles. The van der Waals surface area contributed by atoms with Crippen LogP contribution in [0.4, 0.5) is 17.1 Å². The number of nitrogens with zero attached hydrogens (tertiary/aromatic N) is 4. The first-order valence-corrected chi connectivity index (χ1v) is 15.1. The van der Waals surface area contributed by atoms with Gasteiger partial charge in [-0.05, 0) is 62.8 Å². The van der Waals surface area contributed by atoms with Crippen LogP contribution in [0.1, 0.15) is 44.6 Å². The maximum atomic E-state index is 12.9. The maximum absolute atomic E-state index is 12.9. The molecule has 228 valence electrons. The summed E-state index contributed by atoms with van der Waals surface area (Å²) in [5.41, 5.74) is 4.16. The second-order valence-electron chi connectivity index (χ2n) is 9.83. The summed E-state index contributed by atoms with van der Waals surface area (Å²) in [5, 5.41) is 17.6. The lowest BCUT2D eigenvalue weighted by molar-refractivity contribution is -0.111. The number of nitrogens with one attached hydrogen (secondary N) is 2. The van der Waals surface area contributed by atoms with Crippen LogP contribution in [0, 0.1) is 11.3 Å². The maximum Gasteiger partial charge on any atom is 0.248 e. The second kappa shape index (κ2) is 15.7. The zero-order chi connectivity index (χ0) is 31.5. The molecule has 0 bridgehead atoms. The summed E-state index contributed by atoms with van der Waals surface area (Å²) in [7, 11) is 0. The van der Waals surface area contributed by atoms with E-state index < -0.39 is 0 Å². The first-order valence-electron chi connectivity index (χ1n) is 14.7. The van der Waals surface area contributed by atoms with Crippen molar-refractivity contribution >= 4 is 45.5 Å². The Labute approximate surface area is 263 Å². The number of aryl methyl sites for hydroxylation is 1. The number of aromatic nitrogens is 2. The monoisotopic (exact) mass is 612 g/mol. The molecule has 0 atom stereocenters. The fourth-order valence-corrected chi connectivity index (χ4v) is 4.90. The smallest absolute Gasteiger partial charge is 0.248 e. The van der Waals surface area contributed by atoms with Crippen molar-refractivity contribution in [3.8, 4) is 17.6 Å². The fourth-order valence-electron chi connectivity index (χ4n) is 4.66. The van der Waals surface area contributed by atoms with E-state index in [1.807, 2.05) is 44.2 Å². The Bertz CT molecular complexity index is 1670. The predicted octanol–water partition coefficient (Wildman–Crippen LogP) is 7.28. The van der Waals surface area contributed by atoms with E-state index in [4.69, 9.17) is 26.1 Å². The standard InChI is InChI=1S/C34H37ClN6O3/c1-5-28-26(21-36)34(38-23-14-15-31(27(35)18-23)44-22-24-12-9-10-16-37-24)25-19-30(32(43-8-4)20-29(25)39-28)40-33(42)13-11-17-41(6-2)7-3/h9-16,18-20H,5-8,17,22H2,1-4H3,(H,38,39)(H,40,42)/b13-11+. The molecule has 0 fully saturated rings. The molecule has 2 aromatic carbocycles. The summed E-state index contributed by atoms with van der Waals surface area (Å²) in [6.07, 6.45) is 5.62. The van der Waals surface area contributed by atoms with Gasteiger partial charge < -0.3 is 25.0 Å². The van der Waals surface area contributed by atoms with Crippen molar-refractivity contribution in [2.75, 3.05) is 36.9 Å². The molecule has 0 unspecified atom stereocenters. The number of carbonyl (C=O) groups is 1. The van der Waals surface area contributed by atoms with Crippen LogP contribution in [0.3, 0.4) is 0 Å². The number of likely N-dealkylation sites (N-methyl/N-ethyl adjacent to an activating group) is 1. The van der Waals surface area contributed by atoms with Gasteiger partial charge in [-0.15, -0.1) is 0 Å². The summed E-state index contributed by atoms with van der Waals surface area (Å²) in [6, 6.07) is 16.9. The lowest BCUT2D eigenvalue weighted by Gasteiger charge is -2.18. The Morgan fingerprint density at radius 2 is 1.89 bits per heavy atom. The summed E-state index contributed by atoms with van der Waals surface area (Å²) >= 11 is 6.59. The number of benzene rings is 2. The van der Waals surface area contributed by atoms with Gasteiger partial charge in [-0.2, -0.15) is 5.26 Å². The molecule has 2 N–H and O–H groups in total. The summed E-state index contributed by atoms with van der Waals surface area (Å²) < 4.78 is 11.8. The third kappa shape index (κ3) is 8.04. The Morgan fingerprint density at radius 3 is 2.55 bits per heavy atom. The van der Waals surface area contributed by atoms with E-state index in [-0.39, 0.29) is 12.5 Å². The van der Waals surface area contributed by atoms with E-state index in [0.717, 1.165) is 18.8 Å². The van der Waals surface area contributed by atoms with E-state index >= 15 is 0 Å². The van der Waals surface area contributed by atoms with Crippen LogP contribution in [-0.4, -0.2) is 47.0 Å². The quantitative estimate of drug-likeness (QED) is 0.143. The molecule has 10 heteroatoms.